The second-order valence-corrected chi connectivity index (χ2v) is 5.54. The smallest absolute Gasteiger partial charge is 0.541 e. The molecule has 0 saturated heterocycles. The SMILES string of the molecule is CC(O)[C@H](NC(=O)N[C@@H](CCC(N)=O)c1nc([C@@H](N)CO)no1)C(=O)[OH2+]. The summed E-state index contributed by atoms with van der Waals surface area (Å²) in [5.41, 5.74) is 10.7. The van der Waals surface area contributed by atoms with Crippen LogP contribution >= 0.6 is 0 Å². The van der Waals surface area contributed by atoms with Crippen LogP contribution in [0.3, 0.4) is 0 Å². The summed E-state index contributed by atoms with van der Waals surface area (Å²) >= 11 is 0. The fraction of sp³-hybridized carbons (Fsp3) is 0.615. The lowest BCUT2D eigenvalue weighted by Crippen LogP contribution is -2.51. The van der Waals surface area contributed by atoms with E-state index in [4.69, 9.17) is 26.2 Å². The van der Waals surface area contributed by atoms with Gasteiger partial charge in [0.05, 0.1) is 18.8 Å². The first-order valence-corrected chi connectivity index (χ1v) is 7.64. The molecule has 1 unspecified atom stereocenters. The van der Waals surface area contributed by atoms with Crippen molar-refractivity contribution in [2.24, 2.45) is 11.5 Å². The van der Waals surface area contributed by atoms with Crippen molar-refractivity contribution in [3.8, 4) is 0 Å². The molecule has 0 saturated carbocycles. The first kappa shape index (κ1) is 21.3. The number of carbonyl (C=O) groups is 3. The number of nitrogens with two attached hydrogens (primary N) is 2. The van der Waals surface area contributed by atoms with Gasteiger partial charge in [0.15, 0.2) is 5.82 Å². The van der Waals surface area contributed by atoms with Gasteiger partial charge in [0.1, 0.15) is 6.04 Å². The second kappa shape index (κ2) is 9.65. The minimum absolute atomic E-state index is 0.00280. The number of urea groups is 1. The average Bonchev–Trinajstić information content (AvgIpc) is 3.04. The molecular formula is C13H23N6O7+. The summed E-state index contributed by atoms with van der Waals surface area (Å²) in [5.74, 6) is -1.91. The standard InChI is InChI=1S/C13H22N6O7/c1-5(21)9(12(23)24)17-13(25)16-7(2-3-8(15)22)11-18-10(19-26-11)6(14)4-20/h5-7,9,20-21H,2-4,14H2,1H3,(H2,15,22)(H,23,24)(H2,16,17,25)/p+1/t5?,6-,7-,9-/m0/s1. The number of nitrogens with one attached hydrogen (secondary N) is 2. The Kier molecular flexibility index (Phi) is 7.89. The molecule has 13 heteroatoms. The molecule has 0 aromatic carbocycles. The average molecular weight is 375 g/mol. The van der Waals surface area contributed by atoms with Crippen molar-refractivity contribution in [2.45, 2.75) is 44.0 Å². The molecule has 0 aliphatic heterocycles. The lowest BCUT2D eigenvalue weighted by Gasteiger charge is -2.18. The van der Waals surface area contributed by atoms with Gasteiger partial charge in [-0.2, -0.15) is 4.98 Å². The van der Waals surface area contributed by atoms with Crippen LogP contribution in [0.5, 0.6) is 0 Å². The first-order chi connectivity index (χ1) is 12.1. The van der Waals surface area contributed by atoms with Gasteiger partial charge in [-0.25, -0.2) is 4.79 Å². The molecule has 3 amide bonds. The van der Waals surface area contributed by atoms with E-state index in [1.165, 1.54) is 6.92 Å². The molecule has 1 heterocycles. The molecular weight excluding hydrogens is 352 g/mol. The molecule has 1 rings (SSSR count). The molecule has 4 atom stereocenters. The number of amides is 3. The maximum atomic E-state index is 12.0. The molecule has 13 nitrogen and oxygen atoms in total. The molecule has 0 spiro atoms. The molecule has 0 fully saturated rings. The van der Waals surface area contributed by atoms with E-state index in [0.717, 1.165) is 0 Å². The zero-order valence-corrected chi connectivity index (χ0v) is 14.0. The van der Waals surface area contributed by atoms with Crippen molar-refractivity contribution in [3.63, 3.8) is 0 Å². The molecule has 0 bridgehead atoms. The number of aliphatic hydroxyl groups is 2. The van der Waals surface area contributed by atoms with Crippen LogP contribution in [-0.2, 0) is 9.59 Å². The number of primary amides is 1. The lowest BCUT2D eigenvalue weighted by atomic mass is 10.1. The van der Waals surface area contributed by atoms with Gasteiger partial charge in [-0.05, 0) is 13.3 Å². The van der Waals surface area contributed by atoms with Crippen LogP contribution in [0, 0.1) is 0 Å². The minimum atomic E-state index is -1.44. The van der Waals surface area contributed by atoms with E-state index in [1.807, 2.05) is 0 Å². The highest BCUT2D eigenvalue weighted by atomic mass is 16.5. The predicted molar refractivity (Wildman–Crippen MR) is 85.2 cm³/mol. The number of aliphatic hydroxyl groups excluding tert-OH is 2. The summed E-state index contributed by atoms with van der Waals surface area (Å²) in [4.78, 5) is 38.1. The maximum absolute atomic E-state index is 12.0. The van der Waals surface area contributed by atoms with Gasteiger partial charge in [-0.3, -0.25) is 4.79 Å². The molecule has 0 aliphatic carbocycles. The van der Waals surface area contributed by atoms with Gasteiger partial charge >= 0.3 is 12.0 Å². The normalized spacial score (nSPS) is 15.5. The summed E-state index contributed by atoms with van der Waals surface area (Å²) in [6, 6.07) is -4.19. The van der Waals surface area contributed by atoms with Crippen LogP contribution in [-0.4, -0.2) is 62.1 Å². The highest BCUT2D eigenvalue weighted by molar-refractivity contribution is 5.83. The predicted octanol–water partition coefficient (Wildman–Crippen LogP) is -3.33. The quantitative estimate of drug-likeness (QED) is 0.224. The molecule has 0 aliphatic rings. The molecule has 1 aromatic heterocycles. The van der Waals surface area contributed by atoms with Crippen LogP contribution in [0.4, 0.5) is 4.79 Å². The summed E-state index contributed by atoms with van der Waals surface area (Å²) in [6.45, 7) is 0.809. The summed E-state index contributed by atoms with van der Waals surface area (Å²) in [7, 11) is 0. The largest absolute Gasteiger partial charge is 0.563 e. The monoisotopic (exact) mass is 375 g/mol. The fourth-order valence-electron chi connectivity index (χ4n) is 1.91. The third-order valence-electron chi connectivity index (χ3n) is 3.32. The zero-order valence-electron chi connectivity index (χ0n) is 14.0. The van der Waals surface area contributed by atoms with Crippen LogP contribution in [0.15, 0.2) is 4.52 Å². The van der Waals surface area contributed by atoms with E-state index in [-0.39, 0.29) is 24.6 Å². The third-order valence-corrected chi connectivity index (χ3v) is 3.32. The third kappa shape index (κ3) is 6.27. The minimum Gasteiger partial charge on any atom is -0.563 e. The Labute approximate surface area is 147 Å². The van der Waals surface area contributed by atoms with Crippen molar-refractivity contribution in [1.29, 1.82) is 0 Å². The Morgan fingerprint density at radius 2 is 2.00 bits per heavy atom. The van der Waals surface area contributed by atoms with E-state index in [1.54, 1.807) is 0 Å². The molecule has 146 valence electrons. The highest BCUT2D eigenvalue weighted by Gasteiger charge is 2.32. The van der Waals surface area contributed by atoms with Crippen molar-refractivity contribution >= 4 is 17.9 Å². The highest BCUT2D eigenvalue weighted by Crippen LogP contribution is 2.18. The molecule has 10 N–H and O–H groups in total. The van der Waals surface area contributed by atoms with E-state index >= 15 is 0 Å². The van der Waals surface area contributed by atoms with Gasteiger partial charge in [-0.1, -0.05) is 5.16 Å². The van der Waals surface area contributed by atoms with Crippen LogP contribution in [0.25, 0.3) is 0 Å². The zero-order chi connectivity index (χ0) is 19.9. The van der Waals surface area contributed by atoms with Crippen molar-refractivity contribution < 1.29 is 34.2 Å². The first-order valence-electron chi connectivity index (χ1n) is 7.64. The number of aromatic nitrogens is 2. The summed E-state index contributed by atoms with van der Waals surface area (Å²) in [6.07, 6.45) is -1.40. The Hall–Kier alpha value is -2.77. The maximum Gasteiger partial charge on any atom is 0.541 e. The Morgan fingerprint density at radius 1 is 1.35 bits per heavy atom. The molecule has 0 radical (unpaired) electrons. The summed E-state index contributed by atoms with van der Waals surface area (Å²) < 4.78 is 4.98. The number of rotatable bonds is 10. The van der Waals surface area contributed by atoms with Crippen LogP contribution in [0.1, 0.15) is 43.6 Å². The Balaban J connectivity index is 2.89. The molecule has 1 aromatic rings. The van der Waals surface area contributed by atoms with Gasteiger partial charge in [-0.15, -0.1) is 0 Å². The van der Waals surface area contributed by atoms with E-state index < -0.39 is 48.7 Å². The topological polar surface area (TPSA) is 230 Å². The molecule has 26 heavy (non-hydrogen) atoms. The van der Waals surface area contributed by atoms with Gasteiger partial charge in [0.25, 0.3) is 0 Å². The van der Waals surface area contributed by atoms with Crippen LogP contribution < -0.4 is 22.1 Å². The van der Waals surface area contributed by atoms with E-state index in [9.17, 15) is 19.5 Å². The Bertz CT molecular complexity index is 634. The second-order valence-electron chi connectivity index (χ2n) is 5.54. The summed E-state index contributed by atoms with van der Waals surface area (Å²) in [5, 5.41) is 33.6. The van der Waals surface area contributed by atoms with Gasteiger partial charge in [0.2, 0.25) is 17.8 Å². The number of carbonyl (C=O) groups excluding carboxylic acids is 3. The van der Waals surface area contributed by atoms with Crippen molar-refractivity contribution in [1.82, 2.24) is 20.8 Å². The van der Waals surface area contributed by atoms with Crippen LogP contribution in [0.2, 0.25) is 0 Å². The number of nitrogens with zero attached hydrogens (tertiary/aromatic N) is 2. The van der Waals surface area contributed by atoms with Crippen molar-refractivity contribution in [3.05, 3.63) is 11.7 Å². The van der Waals surface area contributed by atoms with Crippen molar-refractivity contribution in [2.75, 3.05) is 6.61 Å². The Morgan fingerprint density at radius 3 is 2.50 bits per heavy atom. The fourth-order valence-corrected chi connectivity index (χ4v) is 1.91. The van der Waals surface area contributed by atoms with E-state index in [0.29, 0.717) is 0 Å². The van der Waals surface area contributed by atoms with E-state index in [2.05, 4.69) is 20.8 Å². The number of hydrogen-bond acceptors (Lipinski definition) is 9. The van der Waals surface area contributed by atoms with Gasteiger partial charge in [0, 0.05) is 11.2 Å². The lowest BCUT2D eigenvalue weighted by molar-refractivity contribution is -0.141. The van der Waals surface area contributed by atoms with Gasteiger partial charge < -0.3 is 41.9 Å². The number of hydrogen-bond donors (Lipinski definition) is 6.